The zero-order chi connectivity index (χ0) is 22.1. The second-order valence-electron chi connectivity index (χ2n) is 7.61. The van der Waals surface area contributed by atoms with Crippen molar-refractivity contribution in [1.82, 2.24) is 29.5 Å². The molecule has 0 aliphatic carbocycles. The highest BCUT2D eigenvalue weighted by Crippen LogP contribution is 2.33. The zero-order valence-corrected chi connectivity index (χ0v) is 19.7. The number of carbonyl (C=O) groups is 1. The molecule has 32 heavy (non-hydrogen) atoms. The van der Waals surface area contributed by atoms with Gasteiger partial charge in [-0.3, -0.25) is 14.3 Å². The van der Waals surface area contributed by atoms with E-state index in [0.717, 1.165) is 25.9 Å². The van der Waals surface area contributed by atoms with E-state index >= 15 is 0 Å². The van der Waals surface area contributed by atoms with Gasteiger partial charge in [-0.05, 0) is 38.1 Å². The minimum Gasteiger partial charge on any atom is -0.337 e. The second kappa shape index (κ2) is 9.97. The summed E-state index contributed by atoms with van der Waals surface area (Å²) in [4.78, 5) is 25.6. The minimum atomic E-state index is -0.641. The number of aromatic nitrogens is 4. The monoisotopic (exact) mass is 482 g/mol. The van der Waals surface area contributed by atoms with Crippen molar-refractivity contribution < 1.29 is 13.7 Å². The maximum absolute atomic E-state index is 14.0. The maximum Gasteiger partial charge on any atom is 0.257 e. The summed E-state index contributed by atoms with van der Waals surface area (Å²) < 4.78 is 21.3. The molecule has 0 bridgehead atoms. The Balaban J connectivity index is 0.00000289. The second-order valence-corrected chi connectivity index (χ2v) is 7.99. The number of amides is 1. The van der Waals surface area contributed by atoms with Gasteiger partial charge >= 0.3 is 0 Å². The van der Waals surface area contributed by atoms with Crippen LogP contribution in [0.1, 0.15) is 48.6 Å². The number of halogens is 3. The summed E-state index contributed by atoms with van der Waals surface area (Å²) in [6.45, 7) is 6.98. The van der Waals surface area contributed by atoms with Crippen LogP contribution in [0.3, 0.4) is 0 Å². The Morgan fingerprint density at radius 2 is 1.97 bits per heavy atom. The first-order chi connectivity index (χ1) is 14.9. The van der Waals surface area contributed by atoms with E-state index in [1.807, 2.05) is 0 Å². The van der Waals surface area contributed by atoms with Gasteiger partial charge in [0.25, 0.3) is 5.91 Å². The fourth-order valence-corrected chi connectivity index (χ4v) is 4.10. The van der Waals surface area contributed by atoms with E-state index in [1.165, 1.54) is 17.0 Å². The Bertz CT molecular complexity index is 1110. The number of rotatable bonds is 7. The predicted octanol–water partition coefficient (Wildman–Crippen LogP) is 4.34. The predicted molar refractivity (Wildman–Crippen MR) is 121 cm³/mol. The maximum atomic E-state index is 14.0. The Labute approximate surface area is 196 Å². The summed E-state index contributed by atoms with van der Waals surface area (Å²) in [6.07, 6.45) is 3.65. The van der Waals surface area contributed by atoms with E-state index < -0.39 is 5.82 Å². The van der Waals surface area contributed by atoms with Crippen molar-refractivity contribution in [2.75, 3.05) is 20.1 Å². The highest BCUT2D eigenvalue weighted by Gasteiger charge is 2.31. The van der Waals surface area contributed by atoms with Crippen LogP contribution in [-0.4, -0.2) is 55.5 Å². The van der Waals surface area contributed by atoms with E-state index in [-0.39, 0.29) is 35.4 Å². The first kappa shape index (κ1) is 24.2. The smallest absolute Gasteiger partial charge is 0.257 e. The third kappa shape index (κ3) is 4.37. The average molecular weight is 483 g/mol. The van der Waals surface area contributed by atoms with Gasteiger partial charge in [-0.2, -0.15) is 4.98 Å². The molecule has 0 fully saturated rings. The molecule has 1 aliphatic rings. The molecule has 8 nitrogen and oxygen atoms in total. The Kier molecular flexibility index (Phi) is 7.53. The summed E-state index contributed by atoms with van der Waals surface area (Å²) in [5.74, 6) is -0.133. The summed E-state index contributed by atoms with van der Waals surface area (Å²) in [7, 11) is 1.63. The lowest BCUT2D eigenvalue weighted by atomic mass is 10.1. The Morgan fingerprint density at radius 3 is 2.66 bits per heavy atom. The molecule has 172 valence electrons. The van der Waals surface area contributed by atoms with Crippen LogP contribution in [0.2, 0.25) is 5.02 Å². The molecule has 0 saturated carbocycles. The first-order valence-electron chi connectivity index (χ1n) is 10.3. The molecule has 4 rings (SSSR count). The highest BCUT2D eigenvalue weighted by molar-refractivity contribution is 6.34. The third-order valence-electron chi connectivity index (χ3n) is 5.26. The number of carbonyl (C=O) groups excluding carboxylic acids is 1. The molecule has 2 aromatic heterocycles. The van der Waals surface area contributed by atoms with Gasteiger partial charge in [-0.25, -0.2) is 9.37 Å². The highest BCUT2D eigenvalue weighted by atomic mass is 35.5. The van der Waals surface area contributed by atoms with Crippen LogP contribution < -0.4 is 0 Å². The van der Waals surface area contributed by atoms with Crippen molar-refractivity contribution >= 4 is 29.9 Å². The number of fused-ring (bicyclic) bond motifs is 3. The molecule has 3 heterocycles. The van der Waals surface area contributed by atoms with Gasteiger partial charge in [0.2, 0.25) is 11.7 Å². The van der Waals surface area contributed by atoms with Gasteiger partial charge in [0.15, 0.2) is 0 Å². The lowest BCUT2D eigenvalue weighted by Crippen LogP contribution is -2.25. The standard InChI is InChI=1S/C21H24ClFN6O2.ClH/c1-4-8-28(9-5-2)11-16-25-20(26-31-16)19-15-10-27(3)21(30)17-14(29(15)12-24-19)7-6-13(23)18(17)22;/h6-7,12H,4-5,8-11H2,1-3H3;1H. The van der Waals surface area contributed by atoms with Gasteiger partial charge in [0.05, 0.1) is 35.1 Å². The van der Waals surface area contributed by atoms with Crippen molar-refractivity contribution in [2.45, 2.75) is 39.8 Å². The van der Waals surface area contributed by atoms with Crippen molar-refractivity contribution in [3.8, 4) is 17.2 Å². The van der Waals surface area contributed by atoms with Crippen molar-refractivity contribution in [3.63, 3.8) is 0 Å². The van der Waals surface area contributed by atoms with Gasteiger partial charge in [0, 0.05) is 7.05 Å². The van der Waals surface area contributed by atoms with Crippen molar-refractivity contribution in [3.05, 3.63) is 46.4 Å². The van der Waals surface area contributed by atoms with Crippen LogP contribution in [0.15, 0.2) is 23.0 Å². The normalized spacial score (nSPS) is 13.1. The summed E-state index contributed by atoms with van der Waals surface area (Å²) in [6, 6.07) is 2.77. The quantitative estimate of drug-likeness (QED) is 0.498. The van der Waals surface area contributed by atoms with Gasteiger partial charge in [-0.15, -0.1) is 12.4 Å². The third-order valence-corrected chi connectivity index (χ3v) is 5.63. The summed E-state index contributed by atoms with van der Waals surface area (Å²) in [5, 5.41) is 3.92. The molecule has 0 radical (unpaired) electrons. The molecule has 0 saturated heterocycles. The van der Waals surface area contributed by atoms with E-state index in [0.29, 0.717) is 35.3 Å². The fourth-order valence-electron chi connectivity index (χ4n) is 3.86. The molecule has 0 N–H and O–H groups in total. The molecule has 3 aromatic rings. The van der Waals surface area contributed by atoms with Gasteiger partial charge in [-0.1, -0.05) is 30.6 Å². The van der Waals surface area contributed by atoms with Crippen LogP contribution >= 0.6 is 24.0 Å². The number of imidazole rings is 1. The molecule has 1 amide bonds. The van der Waals surface area contributed by atoms with E-state index in [9.17, 15) is 9.18 Å². The molecular formula is C21H25Cl2FN6O2. The van der Waals surface area contributed by atoms with Crippen LogP contribution in [0.4, 0.5) is 4.39 Å². The average Bonchev–Trinajstić information content (AvgIpc) is 3.34. The SMILES string of the molecule is CCCN(CCC)Cc1nc(-c2ncn3c2CN(C)C(=O)c2c-3ccc(F)c2Cl)no1.Cl. The Hall–Kier alpha value is -2.49. The summed E-state index contributed by atoms with van der Waals surface area (Å²) in [5.41, 5.74) is 1.79. The van der Waals surface area contributed by atoms with E-state index in [2.05, 4.69) is 33.9 Å². The van der Waals surface area contributed by atoms with Crippen LogP contribution in [-0.2, 0) is 13.1 Å². The van der Waals surface area contributed by atoms with Gasteiger partial charge in [0.1, 0.15) is 17.8 Å². The van der Waals surface area contributed by atoms with Crippen molar-refractivity contribution in [1.29, 1.82) is 0 Å². The number of nitrogens with zero attached hydrogens (tertiary/aromatic N) is 6. The number of hydrogen-bond donors (Lipinski definition) is 0. The molecule has 11 heteroatoms. The summed E-state index contributed by atoms with van der Waals surface area (Å²) >= 11 is 6.14. The van der Waals surface area contributed by atoms with E-state index in [4.69, 9.17) is 16.1 Å². The molecular weight excluding hydrogens is 458 g/mol. The zero-order valence-electron chi connectivity index (χ0n) is 18.1. The molecule has 0 atom stereocenters. The fraction of sp³-hybridized carbons (Fsp3) is 0.429. The number of hydrogen-bond acceptors (Lipinski definition) is 6. The van der Waals surface area contributed by atoms with Crippen molar-refractivity contribution in [2.24, 2.45) is 0 Å². The lowest BCUT2D eigenvalue weighted by Gasteiger charge is -2.18. The lowest BCUT2D eigenvalue weighted by molar-refractivity contribution is 0.0788. The van der Waals surface area contributed by atoms with Crippen LogP contribution in [0, 0.1) is 5.82 Å². The molecule has 1 aromatic carbocycles. The molecule has 0 unspecified atom stereocenters. The van der Waals surface area contributed by atoms with E-state index in [1.54, 1.807) is 17.9 Å². The number of benzene rings is 1. The van der Waals surface area contributed by atoms with Gasteiger partial charge < -0.3 is 9.42 Å². The minimum absolute atomic E-state index is 0. The topological polar surface area (TPSA) is 80.3 Å². The molecule has 0 spiro atoms. The molecule has 1 aliphatic heterocycles. The van der Waals surface area contributed by atoms with Crippen LogP contribution in [0.25, 0.3) is 17.2 Å². The largest absolute Gasteiger partial charge is 0.337 e. The first-order valence-corrected chi connectivity index (χ1v) is 10.7. The van der Waals surface area contributed by atoms with Crippen LogP contribution in [0.5, 0.6) is 0 Å². The Morgan fingerprint density at radius 1 is 1.25 bits per heavy atom.